The fourth-order valence-corrected chi connectivity index (χ4v) is 4.43. The van der Waals surface area contributed by atoms with Crippen LogP contribution in [-0.2, 0) is 11.0 Å². The van der Waals surface area contributed by atoms with E-state index in [1.807, 2.05) is 0 Å². The highest BCUT2D eigenvalue weighted by atomic mass is 19.4. The van der Waals surface area contributed by atoms with Crippen molar-refractivity contribution >= 4 is 45.9 Å². The lowest BCUT2D eigenvalue weighted by atomic mass is 10.1. The largest absolute Gasteiger partial charge is 0.416 e. The van der Waals surface area contributed by atoms with Crippen molar-refractivity contribution in [2.75, 3.05) is 22.6 Å². The highest BCUT2D eigenvalue weighted by Crippen LogP contribution is 2.30. The molecule has 5 rings (SSSR count). The first-order chi connectivity index (χ1) is 20.9. The first-order valence-electron chi connectivity index (χ1n) is 13.1. The summed E-state index contributed by atoms with van der Waals surface area (Å²) in [6.45, 7) is 2.78. The smallest absolute Gasteiger partial charge is 0.387 e. The Labute approximate surface area is 247 Å². The third-order valence-electron chi connectivity index (χ3n) is 6.59. The van der Waals surface area contributed by atoms with Crippen LogP contribution in [0.25, 0.3) is 16.7 Å². The van der Waals surface area contributed by atoms with Crippen molar-refractivity contribution in [2.24, 2.45) is 0 Å². The number of rotatable bonds is 7. The van der Waals surface area contributed by atoms with Gasteiger partial charge in [0, 0.05) is 34.5 Å². The number of nitrogens with zero attached hydrogens (tertiary/aromatic N) is 4. The van der Waals surface area contributed by atoms with Crippen molar-refractivity contribution in [2.45, 2.75) is 20.0 Å². The van der Waals surface area contributed by atoms with E-state index in [0.29, 0.717) is 33.7 Å². The van der Waals surface area contributed by atoms with Gasteiger partial charge in [-0.25, -0.2) is 9.78 Å². The molecule has 0 saturated heterocycles. The fourth-order valence-electron chi connectivity index (χ4n) is 4.43. The van der Waals surface area contributed by atoms with Gasteiger partial charge in [-0.3, -0.25) is 14.2 Å². The molecule has 3 aromatic carbocycles. The number of amides is 2. The number of hydrogen-bond acceptors (Lipinski definition) is 8. The van der Waals surface area contributed by atoms with Crippen molar-refractivity contribution in [1.82, 2.24) is 19.5 Å². The standard InChI is InChI=1S/C30H24F3N7O4/c1-16-9-10-22(36-27(43)18-5-3-6-19(11-18)30(31,32)33)13-24(16)40-17(2)23-14-34-28(38-26(23)39-29(40)44)37-21-8-4-7-20(12-21)35-25(42)15-41/h3-14,41H,15H2,1-2H3,(H,35,42)(H,36,43)(H,37,38,39,44). The Balaban J connectivity index is 1.43. The molecule has 0 saturated carbocycles. The van der Waals surface area contributed by atoms with Crippen LogP contribution < -0.4 is 21.6 Å². The summed E-state index contributed by atoms with van der Waals surface area (Å²) in [5, 5.41) is 17.5. The summed E-state index contributed by atoms with van der Waals surface area (Å²) in [5.41, 5.74) is 1.10. The van der Waals surface area contributed by atoms with Gasteiger partial charge < -0.3 is 21.1 Å². The Hall–Kier alpha value is -5.63. The van der Waals surface area contributed by atoms with Gasteiger partial charge in [-0.2, -0.15) is 23.1 Å². The van der Waals surface area contributed by atoms with Crippen LogP contribution in [0.1, 0.15) is 27.2 Å². The topological polar surface area (TPSA) is 151 Å². The van der Waals surface area contributed by atoms with E-state index in [-0.39, 0.29) is 22.8 Å². The number of hydrogen-bond donors (Lipinski definition) is 4. The van der Waals surface area contributed by atoms with Gasteiger partial charge in [-0.05, 0) is 67.9 Å². The van der Waals surface area contributed by atoms with Crippen molar-refractivity contribution in [1.29, 1.82) is 0 Å². The van der Waals surface area contributed by atoms with Crippen molar-refractivity contribution < 1.29 is 27.9 Å². The predicted molar refractivity (Wildman–Crippen MR) is 157 cm³/mol. The second-order valence-corrected chi connectivity index (χ2v) is 9.69. The Bertz CT molecular complexity index is 1980. The molecule has 0 radical (unpaired) electrons. The molecular weight excluding hydrogens is 579 g/mol. The van der Waals surface area contributed by atoms with E-state index in [1.165, 1.54) is 22.9 Å². The van der Waals surface area contributed by atoms with Crippen LogP contribution in [-0.4, -0.2) is 43.0 Å². The molecule has 0 fully saturated rings. The zero-order valence-corrected chi connectivity index (χ0v) is 23.2. The summed E-state index contributed by atoms with van der Waals surface area (Å²) in [5.74, 6) is -1.18. The molecule has 14 heteroatoms. The number of anilines is 4. The number of alkyl halides is 3. The SMILES string of the molecule is Cc1ccc(NC(=O)c2cccc(C(F)(F)F)c2)cc1-n1c(C)c2cnc(Nc3cccc(NC(=O)CO)c3)nc2nc1=O. The van der Waals surface area contributed by atoms with E-state index in [2.05, 4.69) is 30.9 Å². The zero-order chi connectivity index (χ0) is 31.6. The zero-order valence-electron chi connectivity index (χ0n) is 23.2. The molecular formula is C30H24F3N7O4. The number of fused-ring (bicyclic) bond motifs is 1. The molecule has 0 unspecified atom stereocenters. The summed E-state index contributed by atoms with van der Waals surface area (Å²) in [6.07, 6.45) is -3.10. The van der Waals surface area contributed by atoms with E-state index < -0.39 is 35.9 Å². The van der Waals surface area contributed by atoms with Crippen LogP contribution in [0.4, 0.5) is 36.2 Å². The number of carbonyl (C=O) groups is 2. The Morgan fingerprint density at radius 2 is 1.64 bits per heavy atom. The highest BCUT2D eigenvalue weighted by molar-refractivity contribution is 6.04. The third-order valence-corrected chi connectivity index (χ3v) is 6.59. The van der Waals surface area contributed by atoms with Crippen molar-refractivity contribution in [3.8, 4) is 5.69 Å². The lowest BCUT2D eigenvalue weighted by Gasteiger charge is -2.16. The molecule has 0 aliphatic rings. The van der Waals surface area contributed by atoms with E-state index in [4.69, 9.17) is 5.11 Å². The molecule has 2 aromatic heterocycles. The maximum absolute atomic E-state index is 13.3. The second-order valence-electron chi connectivity index (χ2n) is 9.69. The number of aryl methyl sites for hydroxylation is 2. The molecule has 224 valence electrons. The Morgan fingerprint density at radius 1 is 0.909 bits per heavy atom. The average Bonchev–Trinajstić information content (AvgIpc) is 2.98. The first-order valence-corrected chi connectivity index (χ1v) is 13.1. The predicted octanol–water partition coefficient (Wildman–Crippen LogP) is 4.74. The minimum absolute atomic E-state index is 0.123. The van der Waals surface area contributed by atoms with E-state index in [1.54, 1.807) is 50.2 Å². The average molecular weight is 604 g/mol. The number of nitrogens with one attached hydrogen (secondary N) is 3. The van der Waals surface area contributed by atoms with Gasteiger partial charge >= 0.3 is 11.9 Å². The van der Waals surface area contributed by atoms with E-state index in [0.717, 1.165) is 18.2 Å². The van der Waals surface area contributed by atoms with Gasteiger partial charge in [-0.15, -0.1) is 0 Å². The lowest BCUT2D eigenvalue weighted by Crippen LogP contribution is -2.25. The lowest BCUT2D eigenvalue weighted by molar-refractivity contribution is -0.137. The number of aromatic nitrogens is 4. The van der Waals surface area contributed by atoms with Crippen LogP contribution in [0, 0.1) is 13.8 Å². The molecule has 44 heavy (non-hydrogen) atoms. The summed E-state index contributed by atoms with van der Waals surface area (Å²) in [7, 11) is 0. The van der Waals surface area contributed by atoms with Gasteiger partial charge in [0.25, 0.3) is 5.91 Å². The van der Waals surface area contributed by atoms with E-state index in [9.17, 15) is 27.6 Å². The number of aliphatic hydroxyl groups is 1. The van der Waals surface area contributed by atoms with Crippen LogP contribution in [0.5, 0.6) is 0 Å². The molecule has 0 bridgehead atoms. The van der Waals surface area contributed by atoms with Gasteiger partial charge in [0.05, 0.1) is 16.6 Å². The van der Waals surface area contributed by atoms with Crippen LogP contribution in [0.3, 0.4) is 0 Å². The summed E-state index contributed by atoms with van der Waals surface area (Å²) in [4.78, 5) is 50.3. The van der Waals surface area contributed by atoms with Gasteiger partial charge in [0.1, 0.15) is 6.61 Å². The second kappa shape index (κ2) is 11.9. The molecule has 2 amide bonds. The highest BCUT2D eigenvalue weighted by Gasteiger charge is 2.31. The minimum Gasteiger partial charge on any atom is -0.387 e. The Kier molecular flexibility index (Phi) is 8.09. The van der Waals surface area contributed by atoms with E-state index >= 15 is 0 Å². The molecule has 5 aromatic rings. The number of aliphatic hydroxyl groups excluding tert-OH is 1. The maximum atomic E-state index is 13.3. The molecule has 11 nitrogen and oxygen atoms in total. The molecule has 0 atom stereocenters. The molecule has 0 spiro atoms. The first kappa shape index (κ1) is 29.8. The summed E-state index contributed by atoms with van der Waals surface area (Å²) < 4.78 is 40.7. The summed E-state index contributed by atoms with van der Waals surface area (Å²) >= 11 is 0. The van der Waals surface area contributed by atoms with Gasteiger partial charge in [0.2, 0.25) is 11.9 Å². The number of benzene rings is 3. The molecule has 0 aliphatic heterocycles. The molecule has 4 N–H and O–H groups in total. The Morgan fingerprint density at radius 3 is 2.39 bits per heavy atom. The quantitative estimate of drug-likeness (QED) is 0.208. The van der Waals surface area contributed by atoms with Crippen LogP contribution in [0.2, 0.25) is 0 Å². The third kappa shape index (κ3) is 6.39. The van der Waals surface area contributed by atoms with Gasteiger partial charge in [-0.1, -0.05) is 18.2 Å². The summed E-state index contributed by atoms with van der Waals surface area (Å²) in [6, 6.07) is 15.5. The number of halogens is 3. The number of carbonyl (C=O) groups excluding carboxylic acids is 2. The van der Waals surface area contributed by atoms with Gasteiger partial charge in [0.15, 0.2) is 5.65 Å². The monoisotopic (exact) mass is 603 g/mol. The minimum atomic E-state index is -4.60. The van der Waals surface area contributed by atoms with Crippen molar-refractivity contribution in [3.05, 3.63) is 106 Å². The van der Waals surface area contributed by atoms with Crippen molar-refractivity contribution in [3.63, 3.8) is 0 Å². The molecule has 0 aliphatic carbocycles. The normalized spacial score (nSPS) is 11.3. The van der Waals surface area contributed by atoms with Crippen LogP contribution >= 0.6 is 0 Å². The fraction of sp³-hybridized carbons (Fsp3) is 0.133. The maximum Gasteiger partial charge on any atom is 0.416 e. The van der Waals surface area contributed by atoms with Crippen LogP contribution in [0.15, 0.2) is 77.7 Å². The molecule has 2 heterocycles.